The van der Waals surface area contributed by atoms with E-state index in [1.807, 2.05) is 6.92 Å². The topological polar surface area (TPSA) is 83.9 Å². The predicted octanol–water partition coefficient (Wildman–Crippen LogP) is 3.67. The van der Waals surface area contributed by atoms with Gasteiger partial charge in [0.25, 0.3) is 10.0 Å². The van der Waals surface area contributed by atoms with E-state index < -0.39 is 22.5 Å². The molecule has 0 aliphatic carbocycles. The third-order valence-corrected chi connectivity index (χ3v) is 5.70. The lowest BCUT2D eigenvalue weighted by molar-refractivity contribution is -0.135. The number of hydrogen-bond donors (Lipinski definition) is 1. The van der Waals surface area contributed by atoms with Gasteiger partial charge in [-0.05, 0) is 49.4 Å². The van der Waals surface area contributed by atoms with Gasteiger partial charge in [-0.15, -0.1) is 0 Å². The fraction of sp³-hybridized carbons (Fsp3) is 0.188. The third kappa shape index (κ3) is 4.56. The van der Waals surface area contributed by atoms with E-state index in [2.05, 4.69) is 0 Å². The Morgan fingerprint density at radius 3 is 2.28 bits per heavy atom. The summed E-state index contributed by atoms with van der Waals surface area (Å²) in [6.07, 6.45) is 0. The van der Waals surface area contributed by atoms with Crippen molar-refractivity contribution in [3.63, 3.8) is 0 Å². The summed E-state index contributed by atoms with van der Waals surface area (Å²) in [4.78, 5) is 11.0. The van der Waals surface area contributed by atoms with Gasteiger partial charge in [-0.1, -0.05) is 23.2 Å². The first-order valence-electron chi connectivity index (χ1n) is 7.18. The highest BCUT2D eigenvalue weighted by Crippen LogP contribution is 2.29. The highest BCUT2D eigenvalue weighted by molar-refractivity contribution is 7.92. The molecule has 0 bridgehead atoms. The van der Waals surface area contributed by atoms with Gasteiger partial charge in [0.15, 0.2) is 0 Å². The fourth-order valence-electron chi connectivity index (χ4n) is 2.08. The van der Waals surface area contributed by atoms with E-state index in [1.54, 1.807) is 12.1 Å². The first kappa shape index (κ1) is 19.4. The molecule has 134 valence electrons. The van der Waals surface area contributed by atoms with Crippen LogP contribution < -0.4 is 9.04 Å². The van der Waals surface area contributed by atoms with Gasteiger partial charge in [0.2, 0.25) is 0 Å². The van der Waals surface area contributed by atoms with E-state index in [-0.39, 0.29) is 20.6 Å². The molecule has 2 aromatic carbocycles. The van der Waals surface area contributed by atoms with Crippen molar-refractivity contribution in [2.24, 2.45) is 0 Å². The molecule has 0 aromatic heterocycles. The molecule has 1 N–H and O–H groups in total. The number of nitrogens with zero attached hydrogens (tertiary/aromatic N) is 1. The number of carbonyl (C=O) groups is 1. The van der Waals surface area contributed by atoms with Crippen molar-refractivity contribution >= 4 is 44.9 Å². The summed E-state index contributed by atoms with van der Waals surface area (Å²) in [5.41, 5.74) is 0.192. The van der Waals surface area contributed by atoms with E-state index >= 15 is 0 Å². The number of aliphatic carboxylic acids is 1. The van der Waals surface area contributed by atoms with Gasteiger partial charge in [-0.3, -0.25) is 9.10 Å². The number of sulfonamides is 1. The van der Waals surface area contributed by atoms with Crippen LogP contribution in [0.15, 0.2) is 47.4 Å². The van der Waals surface area contributed by atoms with Crippen LogP contribution >= 0.6 is 23.2 Å². The molecule has 0 unspecified atom stereocenters. The minimum Gasteiger partial charge on any atom is -0.494 e. The van der Waals surface area contributed by atoms with Gasteiger partial charge < -0.3 is 9.84 Å². The molecule has 2 rings (SSSR count). The van der Waals surface area contributed by atoms with Crippen molar-refractivity contribution in [2.75, 3.05) is 17.5 Å². The molecule has 9 heteroatoms. The van der Waals surface area contributed by atoms with Crippen LogP contribution in [-0.4, -0.2) is 32.6 Å². The summed E-state index contributed by atoms with van der Waals surface area (Å²) in [7, 11) is -4.14. The highest BCUT2D eigenvalue weighted by Gasteiger charge is 2.27. The maximum atomic E-state index is 12.9. The largest absolute Gasteiger partial charge is 0.494 e. The molecule has 0 saturated heterocycles. The lowest BCUT2D eigenvalue weighted by Crippen LogP contribution is -2.35. The van der Waals surface area contributed by atoms with Crippen LogP contribution in [0.4, 0.5) is 5.69 Å². The number of anilines is 1. The zero-order valence-corrected chi connectivity index (χ0v) is 15.5. The molecule has 0 atom stereocenters. The highest BCUT2D eigenvalue weighted by atomic mass is 35.5. The summed E-state index contributed by atoms with van der Waals surface area (Å²) in [5.74, 6) is -0.744. The second kappa shape index (κ2) is 7.95. The van der Waals surface area contributed by atoms with E-state index in [9.17, 15) is 13.2 Å². The standard InChI is InChI=1S/C16H15Cl2NO5S/c1-2-24-12-5-3-11(4-6-12)19(10-16(20)21)25(22,23)13-7-8-14(17)15(18)9-13/h3-9H,2,10H2,1H3,(H,20,21). The molecule has 0 heterocycles. The number of halogens is 2. The lowest BCUT2D eigenvalue weighted by atomic mass is 10.3. The summed E-state index contributed by atoms with van der Waals surface area (Å²) < 4.78 is 31.8. The number of benzene rings is 2. The second-order valence-electron chi connectivity index (χ2n) is 4.91. The van der Waals surface area contributed by atoms with Crippen molar-refractivity contribution in [3.8, 4) is 5.75 Å². The molecule has 0 amide bonds. The molecule has 0 radical (unpaired) electrons. The minimum atomic E-state index is -4.14. The van der Waals surface area contributed by atoms with Crippen LogP contribution in [0.5, 0.6) is 5.75 Å². The Bertz CT molecular complexity index is 869. The smallest absolute Gasteiger partial charge is 0.324 e. The van der Waals surface area contributed by atoms with Crippen LogP contribution in [0.2, 0.25) is 10.0 Å². The Kier molecular flexibility index (Phi) is 6.16. The van der Waals surface area contributed by atoms with E-state index in [1.165, 1.54) is 30.3 Å². The number of ether oxygens (including phenoxy) is 1. The zero-order valence-electron chi connectivity index (χ0n) is 13.1. The maximum Gasteiger partial charge on any atom is 0.324 e. The minimum absolute atomic E-state index is 0.0599. The summed E-state index contributed by atoms with van der Waals surface area (Å²) in [6, 6.07) is 9.88. The van der Waals surface area contributed by atoms with Crippen LogP contribution in [0.1, 0.15) is 6.92 Å². The third-order valence-electron chi connectivity index (χ3n) is 3.19. The Balaban J connectivity index is 2.48. The maximum absolute atomic E-state index is 12.9. The van der Waals surface area contributed by atoms with Crippen LogP contribution in [0, 0.1) is 0 Å². The van der Waals surface area contributed by atoms with Gasteiger partial charge in [-0.25, -0.2) is 8.42 Å². The average Bonchev–Trinajstić information content (AvgIpc) is 2.56. The molecule has 0 aliphatic heterocycles. The molecule has 0 aliphatic rings. The number of hydrogen-bond acceptors (Lipinski definition) is 4. The Morgan fingerprint density at radius 1 is 1.12 bits per heavy atom. The molecule has 2 aromatic rings. The average molecular weight is 404 g/mol. The molecule has 6 nitrogen and oxygen atoms in total. The SMILES string of the molecule is CCOc1ccc(N(CC(=O)O)S(=O)(=O)c2ccc(Cl)c(Cl)c2)cc1. The predicted molar refractivity (Wildman–Crippen MR) is 96.2 cm³/mol. The number of rotatable bonds is 7. The number of carboxylic acid groups (broad SMARTS) is 1. The summed E-state index contributed by atoms with van der Waals surface area (Å²) in [6.45, 7) is 1.54. The van der Waals surface area contributed by atoms with Crippen molar-refractivity contribution in [1.29, 1.82) is 0 Å². The quantitative estimate of drug-likeness (QED) is 0.761. The Morgan fingerprint density at radius 2 is 1.76 bits per heavy atom. The van der Waals surface area contributed by atoms with Crippen molar-refractivity contribution in [1.82, 2.24) is 0 Å². The van der Waals surface area contributed by atoms with Gasteiger partial charge >= 0.3 is 5.97 Å². The molecular weight excluding hydrogens is 389 g/mol. The zero-order chi connectivity index (χ0) is 18.6. The first-order valence-corrected chi connectivity index (χ1v) is 9.37. The molecular formula is C16H15Cl2NO5S. The van der Waals surface area contributed by atoms with E-state index in [0.717, 1.165) is 4.31 Å². The summed E-state index contributed by atoms with van der Waals surface area (Å²) >= 11 is 11.7. The van der Waals surface area contributed by atoms with Crippen molar-refractivity contribution < 1.29 is 23.1 Å². The van der Waals surface area contributed by atoms with Crippen LogP contribution in [-0.2, 0) is 14.8 Å². The van der Waals surface area contributed by atoms with Crippen LogP contribution in [0.25, 0.3) is 0 Å². The van der Waals surface area contributed by atoms with E-state index in [0.29, 0.717) is 12.4 Å². The van der Waals surface area contributed by atoms with Crippen molar-refractivity contribution in [3.05, 3.63) is 52.5 Å². The van der Waals surface area contributed by atoms with Gasteiger partial charge in [0.05, 0.1) is 27.2 Å². The molecule has 0 fully saturated rings. The number of carboxylic acids is 1. The van der Waals surface area contributed by atoms with Gasteiger partial charge in [0.1, 0.15) is 12.3 Å². The van der Waals surface area contributed by atoms with Gasteiger partial charge in [0, 0.05) is 0 Å². The van der Waals surface area contributed by atoms with Gasteiger partial charge in [-0.2, -0.15) is 0 Å². The van der Waals surface area contributed by atoms with E-state index in [4.69, 9.17) is 33.0 Å². The fourth-order valence-corrected chi connectivity index (χ4v) is 3.88. The first-order chi connectivity index (χ1) is 11.8. The normalized spacial score (nSPS) is 11.2. The lowest BCUT2D eigenvalue weighted by Gasteiger charge is -2.23. The summed E-state index contributed by atoms with van der Waals surface area (Å²) in [5, 5.41) is 9.38. The Labute approximate surface area is 155 Å². The second-order valence-corrected chi connectivity index (χ2v) is 7.58. The molecule has 25 heavy (non-hydrogen) atoms. The molecule has 0 saturated carbocycles. The molecule has 0 spiro atoms. The van der Waals surface area contributed by atoms with Crippen molar-refractivity contribution in [2.45, 2.75) is 11.8 Å². The van der Waals surface area contributed by atoms with Crippen LogP contribution in [0.3, 0.4) is 0 Å². The Hall–Kier alpha value is -1.96. The monoisotopic (exact) mass is 403 g/mol.